The van der Waals surface area contributed by atoms with Crippen molar-refractivity contribution in [3.8, 4) is 16.8 Å². The average Bonchev–Trinajstić information content (AvgIpc) is 3.42. The maximum atomic E-state index is 5.26. The summed E-state index contributed by atoms with van der Waals surface area (Å²) in [6.07, 6.45) is 1.03. The van der Waals surface area contributed by atoms with Gasteiger partial charge in [-0.25, -0.2) is 4.98 Å². The van der Waals surface area contributed by atoms with Gasteiger partial charge < -0.3 is 0 Å². The van der Waals surface area contributed by atoms with Crippen LogP contribution in [0, 0.1) is 0 Å². The van der Waals surface area contributed by atoms with Crippen LogP contribution in [0.3, 0.4) is 0 Å². The van der Waals surface area contributed by atoms with Gasteiger partial charge in [0.1, 0.15) is 11.2 Å². The summed E-state index contributed by atoms with van der Waals surface area (Å²) in [7, 11) is 0. The Balaban J connectivity index is 1.73. The summed E-state index contributed by atoms with van der Waals surface area (Å²) >= 11 is 0. The van der Waals surface area contributed by atoms with Crippen molar-refractivity contribution in [3.63, 3.8) is 0 Å². The molecule has 7 rings (SSSR count). The molecule has 2 heteroatoms. The van der Waals surface area contributed by atoms with E-state index < -0.39 is 0 Å². The minimum Gasteiger partial charge on any atom is -0.295 e. The Hall–Kier alpha value is -3.65. The first kappa shape index (κ1) is 16.2. The lowest BCUT2D eigenvalue weighted by Crippen LogP contribution is -2.27. The molecule has 0 N–H and O–H groups in total. The molecule has 2 heterocycles. The molecule has 5 aromatic rings. The molecule has 30 heavy (non-hydrogen) atoms. The minimum absolute atomic E-state index is 0.368. The molecule has 0 saturated heterocycles. The molecule has 1 aliphatic heterocycles. The smallest absolute Gasteiger partial charge is 0.134 e. The van der Waals surface area contributed by atoms with Crippen molar-refractivity contribution in [2.24, 2.45) is 0 Å². The molecule has 1 unspecified atom stereocenters. The summed E-state index contributed by atoms with van der Waals surface area (Å²) in [6.45, 7) is 2.23. The molecule has 4 aromatic carbocycles. The largest absolute Gasteiger partial charge is 0.295 e. The first-order chi connectivity index (χ1) is 14.8. The van der Waals surface area contributed by atoms with E-state index in [4.69, 9.17) is 4.98 Å². The Morgan fingerprint density at radius 3 is 2.37 bits per heavy atom. The highest BCUT2D eigenvalue weighted by atomic mass is 15.1. The second kappa shape index (κ2) is 5.48. The zero-order valence-corrected chi connectivity index (χ0v) is 16.8. The molecule has 0 radical (unpaired) electrons. The third-order valence-corrected chi connectivity index (χ3v) is 6.96. The van der Waals surface area contributed by atoms with Crippen LogP contribution in [-0.2, 0) is 11.8 Å². The zero-order valence-electron chi connectivity index (χ0n) is 16.8. The van der Waals surface area contributed by atoms with Gasteiger partial charge in [0, 0.05) is 0 Å². The van der Waals surface area contributed by atoms with Crippen molar-refractivity contribution >= 4 is 11.0 Å². The topological polar surface area (TPSA) is 17.8 Å². The highest BCUT2D eigenvalue weighted by Gasteiger charge is 2.54. The molecule has 0 amide bonds. The Bertz CT molecular complexity index is 1490. The Kier molecular flexibility index (Phi) is 2.96. The van der Waals surface area contributed by atoms with E-state index in [1.807, 2.05) is 0 Å². The van der Waals surface area contributed by atoms with Crippen LogP contribution in [0.5, 0.6) is 0 Å². The standard InChI is InChI=1S/C28H20N2/c1-2-18-15-16-20-19-9-3-4-10-21(19)28(23(20)17-18)22-11-5-7-13-25(22)30-26-14-8-6-12-24(26)29-27(28)30/h3-17H,2H2,1H3. The first-order valence-corrected chi connectivity index (χ1v) is 10.6. The molecule has 2 aliphatic rings. The van der Waals surface area contributed by atoms with Crippen LogP contribution in [0.25, 0.3) is 27.8 Å². The van der Waals surface area contributed by atoms with E-state index in [-0.39, 0.29) is 5.41 Å². The van der Waals surface area contributed by atoms with Gasteiger partial charge in [-0.3, -0.25) is 4.57 Å². The monoisotopic (exact) mass is 384 g/mol. The lowest BCUT2D eigenvalue weighted by atomic mass is 9.72. The van der Waals surface area contributed by atoms with Gasteiger partial charge in [0.25, 0.3) is 0 Å². The fraction of sp³-hybridized carbons (Fsp3) is 0.107. The summed E-state index contributed by atoms with van der Waals surface area (Å²) in [5, 5.41) is 0. The van der Waals surface area contributed by atoms with Gasteiger partial charge in [-0.05, 0) is 58.0 Å². The zero-order chi connectivity index (χ0) is 19.9. The van der Waals surface area contributed by atoms with Crippen molar-refractivity contribution < 1.29 is 0 Å². The van der Waals surface area contributed by atoms with E-state index in [9.17, 15) is 0 Å². The fourth-order valence-electron chi connectivity index (χ4n) is 5.71. The summed E-state index contributed by atoms with van der Waals surface area (Å²) in [6, 6.07) is 33.2. The van der Waals surface area contributed by atoms with Gasteiger partial charge >= 0.3 is 0 Å². The quantitative estimate of drug-likeness (QED) is 0.326. The van der Waals surface area contributed by atoms with Crippen LogP contribution >= 0.6 is 0 Å². The van der Waals surface area contributed by atoms with Gasteiger partial charge in [-0.1, -0.05) is 79.7 Å². The Labute approximate surface area is 175 Å². The Morgan fingerprint density at radius 1 is 0.733 bits per heavy atom. The molecule has 0 bridgehead atoms. The molecule has 1 aromatic heterocycles. The average molecular weight is 384 g/mol. The SMILES string of the molecule is CCc1ccc2c(c1)C1(c3ccccc3-2)c2ccccc2-n2c1nc1ccccc12. The van der Waals surface area contributed by atoms with E-state index in [1.54, 1.807) is 0 Å². The fourth-order valence-corrected chi connectivity index (χ4v) is 5.71. The van der Waals surface area contributed by atoms with Gasteiger partial charge in [0.15, 0.2) is 0 Å². The molecule has 142 valence electrons. The third-order valence-electron chi connectivity index (χ3n) is 6.96. The molecule has 1 aliphatic carbocycles. The molecule has 1 atom stereocenters. The summed E-state index contributed by atoms with van der Waals surface area (Å²) in [4.78, 5) is 5.26. The number of nitrogens with zero attached hydrogens (tertiary/aromatic N) is 2. The third kappa shape index (κ3) is 1.70. The van der Waals surface area contributed by atoms with Crippen molar-refractivity contribution in [1.29, 1.82) is 0 Å². The minimum atomic E-state index is -0.368. The second-order valence-electron chi connectivity index (χ2n) is 8.31. The lowest BCUT2D eigenvalue weighted by molar-refractivity contribution is 0.736. The van der Waals surface area contributed by atoms with Crippen LogP contribution in [0.15, 0.2) is 91.0 Å². The lowest BCUT2D eigenvalue weighted by Gasteiger charge is -2.27. The summed E-state index contributed by atoms with van der Waals surface area (Å²) in [5.41, 5.74) is 11.2. The molecule has 0 saturated carbocycles. The predicted molar refractivity (Wildman–Crippen MR) is 121 cm³/mol. The van der Waals surface area contributed by atoms with E-state index in [0.29, 0.717) is 0 Å². The number of hydrogen-bond acceptors (Lipinski definition) is 1. The highest BCUT2D eigenvalue weighted by molar-refractivity contribution is 5.91. The number of imidazole rings is 1. The van der Waals surface area contributed by atoms with Gasteiger partial charge in [0.05, 0.1) is 16.7 Å². The number of para-hydroxylation sites is 3. The number of aromatic nitrogens is 2. The Morgan fingerprint density at radius 2 is 1.47 bits per heavy atom. The predicted octanol–water partition coefficient (Wildman–Crippen LogP) is 6.26. The number of hydrogen-bond donors (Lipinski definition) is 0. The maximum Gasteiger partial charge on any atom is 0.134 e. The van der Waals surface area contributed by atoms with Gasteiger partial charge in [-0.2, -0.15) is 0 Å². The van der Waals surface area contributed by atoms with Crippen molar-refractivity contribution in [2.45, 2.75) is 18.8 Å². The molecular weight excluding hydrogens is 364 g/mol. The van der Waals surface area contributed by atoms with E-state index in [0.717, 1.165) is 17.8 Å². The number of aryl methyl sites for hydroxylation is 1. The van der Waals surface area contributed by atoms with E-state index in [1.165, 1.54) is 44.6 Å². The first-order valence-electron chi connectivity index (χ1n) is 10.6. The van der Waals surface area contributed by atoms with Crippen LogP contribution in [0.4, 0.5) is 0 Å². The van der Waals surface area contributed by atoms with Crippen LogP contribution in [0.1, 0.15) is 35.0 Å². The second-order valence-corrected chi connectivity index (χ2v) is 8.31. The summed E-state index contributed by atoms with van der Waals surface area (Å²) in [5.74, 6) is 1.12. The number of rotatable bonds is 1. The van der Waals surface area contributed by atoms with Crippen molar-refractivity contribution in [2.75, 3.05) is 0 Å². The summed E-state index contributed by atoms with van der Waals surface area (Å²) < 4.78 is 2.38. The van der Waals surface area contributed by atoms with Crippen LogP contribution < -0.4 is 0 Å². The molecule has 0 fully saturated rings. The molecular formula is C28H20N2. The van der Waals surface area contributed by atoms with E-state index >= 15 is 0 Å². The van der Waals surface area contributed by atoms with E-state index in [2.05, 4.69) is 102 Å². The molecule has 1 spiro atoms. The van der Waals surface area contributed by atoms with Gasteiger partial charge in [0.2, 0.25) is 0 Å². The van der Waals surface area contributed by atoms with Crippen LogP contribution in [0.2, 0.25) is 0 Å². The highest BCUT2D eigenvalue weighted by Crippen LogP contribution is 2.60. The van der Waals surface area contributed by atoms with Gasteiger partial charge in [-0.15, -0.1) is 0 Å². The maximum absolute atomic E-state index is 5.26. The number of benzene rings is 4. The van der Waals surface area contributed by atoms with Crippen molar-refractivity contribution in [3.05, 3.63) is 119 Å². The normalized spacial score (nSPS) is 17.8. The van der Waals surface area contributed by atoms with Crippen LogP contribution in [-0.4, -0.2) is 9.55 Å². The van der Waals surface area contributed by atoms with Crippen molar-refractivity contribution in [1.82, 2.24) is 9.55 Å². The molecule has 2 nitrogen and oxygen atoms in total. The number of fused-ring (bicyclic) bond motifs is 12.